The third-order valence-corrected chi connectivity index (χ3v) is 5.01. The maximum Gasteiger partial charge on any atom is 0.196 e. The van der Waals surface area contributed by atoms with Crippen LogP contribution in [0.4, 0.5) is 10.1 Å². The fourth-order valence-corrected chi connectivity index (χ4v) is 3.47. The highest BCUT2D eigenvalue weighted by molar-refractivity contribution is 5.95. The van der Waals surface area contributed by atoms with E-state index < -0.39 is 5.82 Å². The zero-order valence-electron chi connectivity index (χ0n) is 16.2. The lowest BCUT2D eigenvalue weighted by Gasteiger charge is -2.21. The summed E-state index contributed by atoms with van der Waals surface area (Å²) in [5.74, 6) is 0.861. The van der Waals surface area contributed by atoms with Crippen LogP contribution in [-0.2, 0) is 6.54 Å². The molecule has 5 nitrogen and oxygen atoms in total. The van der Waals surface area contributed by atoms with Crippen LogP contribution in [0, 0.1) is 5.82 Å². The molecule has 1 aliphatic carbocycles. The lowest BCUT2D eigenvalue weighted by atomic mass is 10.1. The van der Waals surface area contributed by atoms with Gasteiger partial charge in [0.05, 0.1) is 19.3 Å². The molecule has 0 spiro atoms. The van der Waals surface area contributed by atoms with Gasteiger partial charge in [0, 0.05) is 17.7 Å². The maximum atomic E-state index is 13.6. The van der Waals surface area contributed by atoms with Gasteiger partial charge < -0.3 is 20.5 Å². The SMILES string of the molecule is COc1ccccc1CN=C(Nc1cc(F)ccc1O)NC1CCCCCC1. The summed E-state index contributed by atoms with van der Waals surface area (Å²) in [5.41, 5.74) is 1.25. The van der Waals surface area contributed by atoms with Crippen molar-refractivity contribution in [1.82, 2.24) is 5.32 Å². The molecule has 2 aromatic carbocycles. The largest absolute Gasteiger partial charge is 0.506 e. The summed E-state index contributed by atoms with van der Waals surface area (Å²) >= 11 is 0. The van der Waals surface area contributed by atoms with Crippen LogP contribution in [0.1, 0.15) is 44.1 Å². The fourth-order valence-electron chi connectivity index (χ4n) is 3.47. The molecular formula is C22H28FN3O2. The van der Waals surface area contributed by atoms with Crippen molar-refractivity contribution in [1.29, 1.82) is 0 Å². The molecule has 0 heterocycles. The van der Waals surface area contributed by atoms with Gasteiger partial charge in [0.15, 0.2) is 5.96 Å². The van der Waals surface area contributed by atoms with Crippen molar-refractivity contribution in [3.63, 3.8) is 0 Å². The number of rotatable bonds is 5. The number of nitrogens with zero attached hydrogens (tertiary/aromatic N) is 1. The molecular weight excluding hydrogens is 357 g/mol. The van der Waals surface area contributed by atoms with Gasteiger partial charge in [-0.2, -0.15) is 0 Å². The van der Waals surface area contributed by atoms with Gasteiger partial charge in [-0.3, -0.25) is 0 Å². The number of aromatic hydroxyl groups is 1. The predicted molar refractivity (Wildman–Crippen MR) is 110 cm³/mol. The van der Waals surface area contributed by atoms with Gasteiger partial charge >= 0.3 is 0 Å². The maximum absolute atomic E-state index is 13.6. The summed E-state index contributed by atoms with van der Waals surface area (Å²) in [6, 6.07) is 11.9. The Bertz CT molecular complexity index is 802. The molecule has 1 saturated carbocycles. The molecule has 0 unspecified atom stereocenters. The second kappa shape index (κ2) is 9.97. The Morgan fingerprint density at radius 1 is 1.14 bits per heavy atom. The number of hydrogen-bond donors (Lipinski definition) is 3. The second-order valence-electron chi connectivity index (χ2n) is 7.10. The van der Waals surface area contributed by atoms with E-state index in [9.17, 15) is 9.50 Å². The smallest absolute Gasteiger partial charge is 0.196 e. The fraction of sp³-hybridized carbons (Fsp3) is 0.409. The van der Waals surface area contributed by atoms with Crippen LogP contribution >= 0.6 is 0 Å². The highest BCUT2D eigenvalue weighted by Crippen LogP contribution is 2.24. The van der Waals surface area contributed by atoms with E-state index in [-0.39, 0.29) is 5.75 Å². The van der Waals surface area contributed by atoms with Crippen LogP contribution in [-0.4, -0.2) is 24.2 Å². The number of anilines is 1. The molecule has 1 aliphatic rings. The van der Waals surface area contributed by atoms with Crippen molar-refractivity contribution in [2.24, 2.45) is 4.99 Å². The summed E-state index contributed by atoms with van der Waals surface area (Å²) in [6.07, 6.45) is 7.02. The number of para-hydroxylation sites is 1. The van der Waals surface area contributed by atoms with E-state index in [1.165, 1.54) is 43.9 Å². The molecule has 0 saturated heterocycles. The molecule has 0 amide bonds. The van der Waals surface area contributed by atoms with E-state index in [4.69, 9.17) is 4.74 Å². The number of guanidine groups is 1. The zero-order valence-corrected chi connectivity index (χ0v) is 16.2. The van der Waals surface area contributed by atoms with Gasteiger partial charge in [-0.05, 0) is 31.0 Å². The molecule has 1 fully saturated rings. The Hall–Kier alpha value is -2.76. The summed E-state index contributed by atoms with van der Waals surface area (Å²) in [5, 5.41) is 16.6. The normalized spacial score (nSPS) is 15.7. The summed E-state index contributed by atoms with van der Waals surface area (Å²) in [7, 11) is 1.64. The second-order valence-corrected chi connectivity index (χ2v) is 7.10. The van der Waals surface area contributed by atoms with Gasteiger partial charge in [0.1, 0.15) is 17.3 Å². The summed E-state index contributed by atoms with van der Waals surface area (Å²) in [6.45, 7) is 0.405. The van der Waals surface area contributed by atoms with Gasteiger partial charge in [0.2, 0.25) is 0 Å². The Morgan fingerprint density at radius 3 is 2.64 bits per heavy atom. The predicted octanol–water partition coefficient (Wildman–Crippen LogP) is 4.82. The lowest BCUT2D eigenvalue weighted by molar-refractivity contribution is 0.410. The first kappa shape index (κ1) is 20.0. The van der Waals surface area contributed by atoms with Crippen molar-refractivity contribution < 1.29 is 14.2 Å². The average Bonchev–Trinajstić information content (AvgIpc) is 2.97. The monoisotopic (exact) mass is 385 g/mol. The van der Waals surface area contributed by atoms with E-state index in [1.54, 1.807) is 7.11 Å². The standard InChI is InChI=1S/C22H28FN3O2/c1-28-21-11-7-6-8-16(21)15-24-22(25-18-9-4-2-3-5-10-18)26-19-14-17(23)12-13-20(19)27/h6-8,11-14,18,27H,2-5,9-10,15H2,1H3,(H2,24,25,26). The number of aliphatic imine (C=N–C) groups is 1. The quantitative estimate of drug-likeness (QED) is 0.299. The van der Waals surface area contributed by atoms with Gasteiger partial charge in [-0.1, -0.05) is 43.9 Å². The molecule has 6 heteroatoms. The number of nitrogens with one attached hydrogen (secondary N) is 2. The molecule has 3 N–H and O–H groups in total. The van der Waals surface area contributed by atoms with Crippen molar-refractivity contribution in [2.45, 2.75) is 51.1 Å². The number of benzene rings is 2. The van der Waals surface area contributed by atoms with Gasteiger partial charge in [-0.25, -0.2) is 9.38 Å². The van der Waals surface area contributed by atoms with Crippen LogP contribution in [0.5, 0.6) is 11.5 Å². The number of ether oxygens (including phenoxy) is 1. The number of hydrogen-bond acceptors (Lipinski definition) is 3. The van der Waals surface area contributed by atoms with Crippen molar-refractivity contribution >= 4 is 11.6 Å². The summed E-state index contributed by atoms with van der Waals surface area (Å²) in [4.78, 5) is 4.67. The molecule has 3 rings (SSSR count). The van der Waals surface area contributed by atoms with E-state index in [0.29, 0.717) is 24.2 Å². The molecule has 0 bridgehead atoms. The van der Waals surface area contributed by atoms with E-state index in [0.717, 1.165) is 24.2 Å². The third-order valence-electron chi connectivity index (χ3n) is 5.01. The Morgan fingerprint density at radius 2 is 1.89 bits per heavy atom. The Labute approximate surface area is 165 Å². The molecule has 0 aliphatic heterocycles. The third kappa shape index (κ3) is 5.62. The Kier molecular flexibility index (Phi) is 7.12. The first-order valence-corrected chi connectivity index (χ1v) is 9.84. The minimum atomic E-state index is -0.418. The van der Waals surface area contributed by atoms with Crippen LogP contribution in [0.3, 0.4) is 0 Å². The minimum Gasteiger partial charge on any atom is -0.506 e. The van der Waals surface area contributed by atoms with Crippen LogP contribution in [0.15, 0.2) is 47.5 Å². The number of phenolic OH excluding ortho intramolecular Hbond substituents is 1. The minimum absolute atomic E-state index is 0.0194. The average molecular weight is 385 g/mol. The molecule has 0 aromatic heterocycles. The van der Waals surface area contributed by atoms with Crippen molar-refractivity contribution in [3.8, 4) is 11.5 Å². The first-order valence-electron chi connectivity index (χ1n) is 9.84. The van der Waals surface area contributed by atoms with Crippen molar-refractivity contribution in [2.75, 3.05) is 12.4 Å². The Balaban J connectivity index is 1.81. The van der Waals surface area contributed by atoms with Crippen molar-refractivity contribution in [3.05, 3.63) is 53.8 Å². The van der Waals surface area contributed by atoms with E-state index in [2.05, 4.69) is 15.6 Å². The molecule has 0 radical (unpaired) electrons. The summed E-state index contributed by atoms with van der Waals surface area (Å²) < 4.78 is 19.0. The molecule has 28 heavy (non-hydrogen) atoms. The number of phenols is 1. The molecule has 2 aromatic rings. The first-order chi connectivity index (χ1) is 13.7. The van der Waals surface area contributed by atoms with E-state index in [1.807, 2.05) is 24.3 Å². The zero-order chi connectivity index (χ0) is 19.8. The number of halogens is 1. The topological polar surface area (TPSA) is 65.9 Å². The van der Waals surface area contributed by atoms with Gasteiger partial charge in [-0.15, -0.1) is 0 Å². The molecule has 150 valence electrons. The van der Waals surface area contributed by atoms with Crippen LogP contribution < -0.4 is 15.4 Å². The van der Waals surface area contributed by atoms with E-state index >= 15 is 0 Å². The van der Waals surface area contributed by atoms with Crippen LogP contribution in [0.25, 0.3) is 0 Å². The highest BCUT2D eigenvalue weighted by atomic mass is 19.1. The highest BCUT2D eigenvalue weighted by Gasteiger charge is 2.15. The molecule has 0 atom stereocenters. The van der Waals surface area contributed by atoms with Crippen LogP contribution in [0.2, 0.25) is 0 Å². The lowest BCUT2D eigenvalue weighted by Crippen LogP contribution is -2.39. The van der Waals surface area contributed by atoms with Gasteiger partial charge in [0.25, 0.3) is 0 Å². The number of methoxy groups -OCH3 is 1.